The highest BCUT2D eigenvalue weighted by Gasteiger charge is 2.61. The first kappa shape index (κ1) is 29.3. The van der Waals surface area contributed by atoms with Gasteiger partial charge in [0.05, 0.1) is 0 Å². The molecule has 0 bridgehead atoms. The lowest BCUT2D eigenvalue weighted by atomic mass is 10.0. The van der Waals surface area contributed by atoms with E-state index in [1.54, 1.807) is 20.8 Å². The molecule has 0 aromatic rings. The number of fused-ring (bicyclic) bond motifs is 2. The molecule has 3 N–H and O–H groups in total. The Kier molecular flexibility index (Phi) is 8.60. The fraction of sp³-hybridized carbons (Fsp3) is 0.769. The summed E-state index contributed by atoms with van der Waals surface area (Å²) in [7, 11) is -3.98. The predicted octanol–water partition coefficient (Wildman–Crippen LogP) is 1.33. The van der Waals surface area contributed by atoms with Crippen LogP contribution in [0.3, 0.4) is 0 Å². The number of rotatable bonds is 4. The van der Waals surface area contributed by atoms with Gasteiger partial charge in [-0.3, -0.25) is 14.4 Å². The van der Waals surface area contributed by atoms with Gasteiger partial charge < -0.3 is 20.3 Å². The van der Waals surface area contributed by atoms with Crippen LogP contribution in [-0.2, 0) is 29.3 Å². The Morgan fingerprint density at radius 1 is 1.05 bits per heavy atom. The summed E-state index contributed by atoms with van der Waals surface area (Å²) in [5.74, 6) is -1.97. The minimum absolute atomic E-state index is 0.278. The van der Waals surface area contributed by atoms with E-state index in [0.717, 1.165) is 25.7 Å². The first-order valence-electron chi connectivity index (χ1n) is 13.9. The smallest absolute Gasteiger partial charge is 0.408 e. The summed E-state index contributed by atoms with van der Waals surface area (Å²) in [6, 6.07) is -1.67. The quantitative estimate of drug-likeness (QED) is 0.433. The van der Waals surface area contributed by atoms with Crippen LogP contribution in [-0.4, -0.2) is 84.3 Å². The molecule has 13 heteroatoms. The Hall–Kier alpha value is -2.67. The number of alkyl carbamates (subject to hydrolysis) is 1. The van der Waals surface area contributed by atoms with Crippen LogP contribution < -0.4 is 15.4 Å². The molecule has 3 heterocycles. The van der Waals surface area contributed by atoms with Crippen molar-refractivity contribution in [1.82, 2.24) is 24.6 Å². The fourth-order valence-electron chi connectivity index (χ4n) is 5.34. The average Bonchev–Trinajstić information content (AvgIpc) is 3.24. The molecule has 2 saturated heterocycles. The third-order valence-corrected chi connectivity index (χ3v) is 9.19. The molecule has 0 aromatic heterocycles. The molecule has 0 spiro atoms. The normalized spacial score (nSPS) is 31.4. The van der Waals surface area contributed by atoms with Crippen LogP contribution in [0.2, 0.25) is 0 Å². The van der Waals surface area contributed by atoms with Gasteiger partial charge in [0.2, 0.25) is 11.8 Å². The highest BCUT2D eigenvalue weighted by atomic mass is 32.2. The molecule has 4 atom stereocenters. The minimum atomic E-state index is -3.98. The van der Waals surface area contributed by atoms with Crippen molar-refractivity contribution >= 4 is 34.0 Å². The van der Waals surface area contributed by atoms with Crippen LogP contribution in [0.15, 0.2) is 12.2 Å². The monoisotopic (exact) mass is 567 g/mol. The number of amides is 4. The van der Waals surface area contributed by atoms with Crippen LogP contribution >= 0.6 is 0 Å². The van der Waals surface area contributed by atoms with Gasteiger partial charge in [0, 0.05) is 25.6 Å². The summed E-state index contributed by atoms with van der Waals surface area (Å²) in [6.45, 7) is 6.27. The van der Waals surface area contributed by atoms with Gasteiger partial charge in [-0.05, 0) is 65.7 Å². The highest BCUT2D eigenvalue weighted by Crippen LogP contribution is 2.45. The van der Waals surface area contributed by atoms with Crippen LogP contribution in [0.25, 0.3) is 0 Å². The van der Waals surface area contributed by atoms with E-state index in [9.17, 15) is 27.6 Å². The number of hydrogen-bond donors (Lipinski definition) is 3. The topological polar surface area (TPSA) is 154 Å². The van der Waals surface area contributed by atoms with Crippen LogP contribution in [0.4, 0.5) is 4.79 Å². The van der Waals surface area contributed by atoms with Crippen LogP contribution in [0.1, 0.15) is 78.6 Å². The van der Waals surface area contributed by atoms with E-state index in [1.807, 2.05) is 12.2 Å². The molecule has 1 aliphatic carbocycles. The number of carbonyl (C=O) groups excluding carboxylic acids is 4. The van der Waals surface area contributed by atoms with Gasteiger partial charge in [0.25, 0.3) is 5.91 Å². The molecular formula is C26H41N5O7S. The van der Waals surface area contributed by atoms with Gasteiger partial charge in [-0.25, -0.2) is 9.52 Å². The van der Waals surface area contributed by atoms with Crippen molar-refractivity contribution < 1.29 is 32.3 Å². The molecule has 3 fully saturated rings. The van der Waals surface area contributed by atoms with Crippen molar-refractivity contribution in [3.8, 4) is 0 Å². The zero-order valence-corrected chi connectivity index (χ0v) is 23.8. The van der Waals surface area contributed by atoms with Crippen LogP contribution in [0.5, 0.6) is 0 Å². The van der Waals surface area contributed by atoms with Crippen molar-refractivity contribution in [2.45, 2.75) is 102 Å². The van der Waals surface area contributed by atoms with Crippen molar-refractivity contribution in [1.29, 1.82) is 0 Å². The van der Waals surface area contributed by atoms with E-state index < -0.39 is 51.3 Å². The predicted molar refractivity (Wildman–Crippen MR) is 142 cm³/mol. The Balaban J connectivity index is 1.53. The SMILES string of the molecule is CC(C)(C)OC(=O)N[C@H]1CCCCC/C=C\[C@H]2C[C@@]2(C(=O)NS(=O)(=O)N2CCC2)NC(=O)[C@@H]2CCCN2C1=O. The molecule has 39 heavy (non-hydrogen) atoms. The Labute approximate surface area is 230 Å². The summed E-state index contributed by atoms with van der Waals surface area (Å²) < 4.78 is 33.9. The maximum atomic E-state index is 13.6. The minimum Gasteiger partial charge on any atom is -0.444 e. The van der Waals surface area contributed by atoms with Crippen molar-refractivity contribution in [2.75, 3.05) is 19.6 Å². The van der Waals surface area contributed by atoms with Gasteiger partial charge in [-0.1, -0.05) is 25.0 Å². The molecule has 4 amide bonds. The lowest BCUT2D eigenvalue weighted by molar-refractivity contribution is -0.141. The second-order valence-electron chi connectivity index (χ2n) is 11.9. The summed E-state index contributed by atoms with van der Waals surface area (Å²) in [4.78, 5) is 54.4. The van der Waals surface area contributed by atoms with Gasteiger partial charge >= 0.3 is 16.3 Å². The number of nitrogens with zero attached hydrogens (tertiary/aromatic N) is 2. The molecule has 3 aliphatic heterocycles. The Bertz CT molecular complexity index is 1110. The number of hydrogen-bond acceptors (Lipinski definition) is 7. The summed E-state index contributed by atoms with van der Waals surface area (Å²) in [5, 5.41) is 5.52. The molecule has 1 saturated carbocycles. The molecular weight excluding hydrogens is 526 g/mol. The Morgan fingerprint density at radius 3 is 2.46 bits per heavy atom. The molecule has 4 rings (SSSR count). The lowest BCUT2D eigenvalue weighted by Gasteiger charge is -2.32. The average molecular weight is 568 g/mol. The van der Waals surface area contributed by atoms with Gasteiger partial charge in [-0.2, -0.15) is 12.7 Å². The maximum Gasteiger partial charge on any atom is 0.408 e. The van der Waals surface area contributed by atoms with Crippen molar-refractivity contribution in [3.63, 3.8) is 0 Å². The zero-order chi connectivity index (χ0) is 28.4. The molecule has 12 nitrogen and oxygen atoms in total. The third kappa shape index (κ3) is 6.92. The molecule has 0 unspecified atom stereocenters. The van der Waals surface area contributed by atoms with E-state index in [0.29, 0.717) is 45.3 Å². The summed E-state index contributed by atoms with van der Waals surface area (Å²) >= 11 is 0. The first-order valence-corrected chi connectivity index (χ1v) is 15.4. The van der Waals surface area contributed by atoms with E-state index >= 15 is 0 Å². The largest absolute Gasteiger partial charge is 0.444 e. The number of ether oxygens (including phenoxy) is 1. The van der Waals surface area contributed by atoms with Crippen molar-refractivity contribution in [3.05, 3.63) is 12.2 Å². The highest BCUT2D eigenvalue weighted by molar-refractivity contribution is 7.87. The van der Waals surface area contributed by atoms with E-state index in [1.165, 1.54) is 9.21 Å². The summed E-state index contributed by atoms with van der Waals surface area (Å²) in [5.41, 5.74) is -2.12. The van der Waals surface area contributed by atoms with Gasteiger partial charge in [0.15, 0.2) is 0 Å². The van der Waals surface area contributed by atoms with Crippen molar-refractivity contribution in [2.24, 2.45) is 5.92 Å². The lowest BCUT2D eigenvalue weighted by Crippen LogP contribution is -2.59. The van der Waals surface area contributed by atoms with E-state index in [2.05, 4.69) is 15.4 Å². The first-order chi connectivity index (χ1) is 18.3. The molecule has 218 valence electrons. The van der Waals surface area contributed by atoms with E-state index in [-0.39, 0.29) is 18.2 Å². The fourth-order valence-corrected chi connectivity index (χ4v) is 6.63. The zero-order valence-electron chi connectivity index (χ0n) is 23.0. The van der Waals surface area contributed by atoms with Crippen LogP contribution in [0, 0.1) is 5.92 Å². The second-order valence-corrected chi connectivity index (χ2v) is 13.6. The van der Waals surface area contributed by atoms with Gasteiger partial charge in [-0.15, -0.1) is 0 Å². The summed E-state index contributed by atoms with van der Waals surface area (Å²) in [6.07, 6.45) is 8.67. The second kappa shape index (κ2) is 11.4. The number of allylic oxidation sites excluding steroid dienone is 1. The third-order valence-electron chi connectivity index (χ3n) is 7.70. The van der Waals surface area contributed by atoms with E-state index in [4.69, 9.17) is 4.74 Å². The van der Waals surface area contributed by atoms with Gasteiger partial charge in [0.1, 0.15) is 23.2 Å². The Morgan fingerprint density at radius 2 is 1.79 bits per heavy atom. The maximum absolute atomic E-state index is 13.6. The number of carbonyl (C=O) groups is 4. The standard InChI is InChI=1S/C26H41N5O7S/c1-25(2,3)38-24(35)27-19-12-8-6-4-5-7-11-18-17-26(18,23(34)29-39(36,37)30-14-10-15-30)28-21(32)20-13-9-16-31(20)22(19)33/h7,11,18-20H,4-6,8-10,12-17H2,1-3H3,(H,27,35)(H,28,32)(H,29,34)/b11-7-/t18-,19-,20-,26+/m0/s1. The molecule has 0 radical (unpaired) electrons. The molecule has 0 aromatic carbocycles. The number of nitrogens with one attached hydrogen (secondary N) is 3. The molecule has 4 aliphatic rings.